The Morgan fingerprint density at radius 3 is 2.47 bits per heavy atom. The van der Waals surface area contributed by atoms with Crippen LogP contribution in [0.2, 0.25) is 0 Å². The third-order valence-corrected chi connectivity index (χ3v) is 6.82. The molecule has 4 atom stereocenters. The van der Waals surface area contributed by atoms with E-state index in [1.165, 1.54) is 19.3 Å². The first kappa shape index (κ1) is 26.2. The van der Waals surface area contributed by atoms with Gasteiger partial charge in [0.05, 0.1) is 18.1 Å². The molecule has 3 rings (SSSR count). The van der Waals surface area contributed by atoms with Crippen LogP contribution >= 0.6 is 0 Å². The van der Waals surface area contributed by atoms with Crippen molar-refractivity contribution >= 4 is 22.8 Å². The fourth-order valence-electron chi connectivity index (χ4n) is 4.80. The monoisotopic (exact) mass is 472 g/mol. The molecule has 7 heteroatoms. The summed E-state index contributed by atoms with van der Waals surface area (Å²) in [7, 11) is 0. The van der Waals surface area contributed by atoms with Gasteiger partial charge in [0, 0.05) is 11.9 Å². The minimum Gasteiger partial charge on any atom is -0.451 e. The zero-order chi connectivity index (χ0) is 24.7. The Balaban J connectivity index is 1.57. The van der Waals surface area contributed by atoms with E-state index in [2.05, 4.69) is 10.6 Å². The number of nitrogens with one attached hydrogen (secondary N) is 2. The number of rotatable bonds is 11. The smallest absolute Gasteiger partial charge is 0.287 e. The highest BCUT2D eigenvalue weighted by Gasteiger charge is 2.32. The lowest BCUT2D eigenvalue weighted by atomic mass is 9.82. The summed E-state index contributed by atoms with van der Waals surface area (Å²) in [5, 5.41) is 28.0. The van der Waals surface area contributed by atoms with E-state index in [4.69, 9.17) is 4.42 Å². The number of amides is 2. The Morgan fingerprint density at radius 1 is 1.09 bits per heavy atom. The summed E-state index contributed by atoms with van der Waals surface area (Å²) in [6, 6.07) is 8.56. The zero-order valence-electron chi connectivity index (χ0n) is 20.6. The molecular weight excluding hydrogens is 432 g/mol. The third kappa shape index (κ3) is 7.31. The number of aliphatic hydroxyl groups excluding tert-OH is 2. The van der Waals surface area contributed by atoms with Crippen molar-refractivity contribution in [1.29, 1.82) is 0 Å². The van der Waals surface area contributed by atoms with Crippen LogP contribution in [0.15, 0.2) is 34.7 Å². The summed E-state index contributed by atoms with van der Waals surface area (Å²) in [5.41, 5.74) is 0.637. The van der Waals surface area contributed by atoms with E-state index in [0.717, 1.165) is 18.2 Å². The normalized spacial score (nSPS) is 18.4. The van der Waals surface area contributed by atoms with Crippen molar-refractivity contribution in [2.75, 3.05) is 6.54 Å². The van der Waals surface area contributed by atoms with Crippen LogP contribution in [0.4, 0.5) is 0 Å². The second kappa shape index (κ2) is 12.4. The van der Waals surface area contributed by atoms with Gasteiger partial charge in [-0.25, -0.2) is 0 Å². The van der Waals surface area contributed by atoms with Gasteiger partial charge in [0.25, 0.3) is 5.91 Å². The van der Waals surface area contributed by atoms with Gasteiger partial charge in [-0.15, -0.1) is 0 Å². The van der Waals surface area contributed by atoms with E-state index < -0.39 is 24.2 Å². The molecule has 2 aromatic rings. The Kier molecular flexibility index (Phi) is 9.54. The molecule has 188 valence electrons. The highest BCUT2D eigenvalue weighted by atomic mass is 16.3. The summed E-state index contributed by atoms with van der Waals surface area (Å²) in [5.74, 6) is -0.248. The van der Waals surface area contributed by atoms with Gasteiger partial charge in [-0.3, -0.25) is 9.59 Å². The molecule has 1 heterocycles. The molecule has 0 saturated heterocycles. The predicted octanol–water partition coefficient (Wildman–Crippen LogP) is 4.02. The largest absolute Gasteiger partial charge is 0.451 e. The second-order valence-electron chi connectivity index (χ2n) is 10.3. The van der Waals surface area contributed by atoms with Gasteiger partial charge in [-0.2, -0.15) is 0 Å². The Labute approximate surface area is 202 Å². The summed E-state index contributed by atoms with van der Waals surface area (Å²) < 4.78 is 5.59. The molecule has 1 aliphatic carbocycles. The van der Waals surface area contributed by atoms with Crippen molar-refractivity contribution in [2.45, 2.75) is 84.0 Å². The molecule has 4 N–H and O–H groups in total. The van der Waals surface area contributed by atoms with Crippen molar-refractivity contribution in [1.82, 2.24) is 10.6 Å². The first-order chi connectivity index (χ1) is 16.2. The summed E-state index contributed by atoms with van der Waals surface area (Å²) in [6.07, 6.45) is 4.95. The van der Waals surface area contributed by atoms with Gasteiger partial charge in [0.1, 0.15) is 11.7 Å². The molecule has 1 aromatic carbocycles. The molecule has 0 spiro atoms. The number of carbonyl (C=O) groups is 2. The van der Waals surface area contributed by atoms with E-state index in [-0.39, 0.29) is 30.0 Å². The van der Waals surface area contributed by atoms with Gasteiger partial charge in [0.2, 0.25) is 5.91 Å². The molecule has 0 aliphatic heterocycles. The number of furan rings is 1. The molecule has 1 aliphatic rings. The fourth-order valence-corrected chi connectivity index (χ4v) is 4.80. The van der Waals surface area contributed by atoms with Crippen LogP contribution < -0.4 is 10.6 Å². The number of benzene rings is 1. The third-order valence-electron chi connectivity index (χ3n) is 6.82. The van der Waals surface area contributed by atoms with Gasteiger partial charge in [0.15, 0.2) is 5.76 Å². The van der Waals surface area contributed by atoms with Crippen molar-refractivity contribution < 1.29 is 24.2 Å². The van der Waals surface area contributed by atoms with Crippen molar-refractivity contribution in [3.63, 3.8) is 0 Å². The lowest BCUT2D eigenvalue weighted by molar-refractivity contribution is -0.127. The number of carbonyl (C=O) groups excluding carboxylic acids is 2. The van der Waals surface area contributed by atoms with Crippen LogP contribution in [-0.2, 0) is 4.79 Å². The Morgan fingerprint density at radius 2 is 1.79 bits per heavy atom. The minimum absolute atomic E-state index is 0.141. The first-order valence-electron chi connectivity index (χ1n) is 12.7. The second-order valence-corrected chi connectivity index (χ2v) is 10.3. The summed E-state index contributed by atoms with van der Waals surface area (Å²) in [4.78, 5) is 25.5. The number of para-hydroxylation sites is 1. The lowest BCUT2D eigenvalue weighted by Gasteiger charge is -2.33. The highest BCUT2D eigenvalue weighted by Crippen LogP contribution is 2.29. The van der Waals surface area contributed by atoms with E-state index >= 15 is 0 Å². The standard InChI is InChI=1S/C27H40N2O5/c1-17(2)13-22(30)25(31)21(14-19-9-5-4-6-10-19)29-26(32)18(3)16-28-27(33)24-15-20-11-7-8-12-23(20)34-24/h7-8,11-12,15,17-19,21-22,25,30-31H,4-6,9-10,13-14,16H2,1-3H3,(H,28,33)(H,29,32)/t18-,21+,22-,25+/m0/s1. The fraction of sp³-hybridized carbons (Fsp3) is 0.630. The molecule has 34 heavy (non-hydrogen) atoms. The van der Waals surface area contributed by atoms with Crippen LogP contribution in [0.1, 0.15) is 76.3 Å². The lowest BCUT2D eigenvalue weighted by Crippen LogP contribution is -2.52. The van der Waals surface area contributed by atoms with E-state index in [9.17, 15) is 19.8 Å². The molecule has 0 radical (unpaired) electrons. The average Bonchev–Trinajstić information content (AvgIpc) is 3.26. The molecule has 1 saturated carbocycles. The van der Waals surface area contributed by atoms with Crippen LogP contribution in [0.3, 0.4) is 0 Å². The van der Waals surface area contributed by atoms with Gasteiger partial charge in [-0.05, 0) is 36.8 Å². The molecule has 2 amide bonds. The van der Waals surface area contributed by atoms with E-state index in [1.807, 2.05) is 32.0 Å². The number of hydrogen-bond acceptors (Lipinski definition) is 5. The van der Waals surface area contributed by atoms with Crippen molar-refractivity contribution in [2.24, 2.45) is 17.8 Å². The van der Waals surface area contributed by atoms with Crippen LogP contribution in [-0.4, -0.2) is 46.8 Å². The van der Waals surface area contributed by atoms with Gasteiger partial charge < -0.3 is 25.3 Å². The summed E-state index contributed by atoms with van der Waals surface area (Å²) >= 11 is 0. The van der Waals surface area contributed by atoms with Crippen molar-refractivity contribution in [3.8, 4) is 0 Å². The molecule has 0 bridgehead atoms. The molecule has 0 unspecified atom stereocenters. The topological polar surface area (TPSA) is 112 Å². The first-order valence-corrected chi connectivity index (χ1v) is 12.7. The van der Waals surface area contributed by atoms with Crippen LogP contribution in [0.5, 0.6) is 0 Å². The van der Waals surface area contributed by atoms with E-state index in [1.54, 1.807) is 19.1 Å². The molecule has 7 nitrogen and oxygen atoms in total. The van der Waals surface area contributed by atoms with Crippen LogP contribution in [0.25, 0.3) is 11.0 Å². The molecule has 1 aromatic heterocycles. The average molecular weight is 473 g/mol. The number of aliphatic hydroxyl groups is 2. The summed E-state index contributed by atoms with van der Waals surface area (Å²) in [6.45, 7) is 5.88. The van der Waals surface area contributed by atoms with Crippen LogP contribution in [0, 0.1) is 17.8 Å². The molecule has 1 fully saturated rings. The quantitative estimate of drug-likeness (QED) is 0.395. The predicted molar refractivity (Wildman–Crippen MR) is 132 cm³/mol. The molecular formula is C27H40N2O5. The van der Waals surface area contributed by atoms with Gasteiger partial charge in [-0.1, -0.05) is 71.1 Å². The number of fused-ring (bicyclic) bond motifs is 1. The maximum absolute atomic E-state index is 13.0. The highest BCUT2D eigenvalue weighted by molar-refractivity contribution is 5.96. The Hall–Kier alpha value is -2.38. The SMILES string of the molecule is CC(C)C[C@H](O)[C@H](O)[C@@H](CC1CCCCC1)NC(=O)[C@@H](C)CNC(=O)c1cc2ccccc2o1. The van der Waals surface area contributed by atoms with Crippen molar-refractivity contribution in [3.05, 3.63) is 36.1 Å². The Bertz CT molecular complexity index is 901. The maximum atomic E-state index is 13.0. The van der Waals surface area contributed by atoms with Gasteiger partial charge >= 0.3 is 0 Å². The minimum atomic E-state index is -1.02. The maximum Gasteiger partial charge on any atom is 0.287 e. The number of hydrogen-bond donors (Lipinski definition) is 4. The zero-order valence-corrected chi connectivity index (χ0v) is 20.6. The van der Waals surface area contributed by atoms with E-state index in [0.29, 0.717) is 24.3 Å².